The van der Waals surface area contributed by atoms with Gasteiger partial charge in [-0.15, -0.1) is 0 Å². The molecule has 0 saturated carbocycles. The highest BCUT2D eigenvalue weighted by Crippen LogP contribution is 2.13. The van der Waals surface area contributed by atoms with E-state index in [0.29, 0.717) is 6.07 Å². The maximum atomic E-state index is 13.6. The molecular weight excluding hydrogens is 368 g/mol. The lowest BCUT2D eigenvalue weighted by molar-refractivity contribution is -0.139. The van der Waals surface area contributed by atoms with Crippen molar-refractivity contribution in [2.75, 3.05) is 5.75 Å². The molecule has 0 saturated heterocycles. The fourth-order valence-electron chi connectivity index (χ4n) is 2.19. The number of halogens is 2. The Labute approximate surface area is 148 Å². The van der Waals surface area contributed by atoms with Gasteiger partial charge in [-0.3, -0.25) is 4.79 Å². The lowest BCUT2D eigenvalue weighted by Crippen LogP contribution is -2.42. The number of carboxylic acid groups (broad SMARTS) is 1. The molecule has 0 bridgehead atoms. The van der Waals surface area contributed by atoms with Crippen molar-refractivity contribution >= 4 is 21.7 Å². The standard InChI is InChI=1S/C17H15F2NO5S/c18-11-6-7-13(14(19)10-11)16(21)20-15(17(22)23)8-9-26(24,25)12-4-2-1-3-5-12/h1-7,10,15H,8-9H2,(H,20,21)(H,22,23)/t15-/m0/s1. The normalized spacial score (nSPS) is 12.4. The van der Waals surface area contributed by atoms with E-state index in [-0.39, 0.29) is 4.90 Å². The third-order valence-electron chi connectivity index (χ3n) is 3.56. The number of sulfone groups is 1. The third-order valence-corrected chi connectivity index (χ3v) is 5.32. The van der Waals surface area contributed by atoms with Crippen LogP contribution in [0.15, 0.2) is 53.4 Å². The Morgan fingerprint density at radius 1 is 1.08 bits per heavy atom. The van der Waals surface area contributed by atoms with Crippen LogP contribution < -0.4 is 5.32 Å². The Morgan fingerprint density at radius 2 is 1.73 bits per heavy atom. The minimum Gasteiger partial charge on any atom is -0.480 e. The molecule has 2 aromatic carbocycles. The Balaban J connectivity index is 2.10. The topological polar surface area (TPSA) is 101 Å². The second-order valence-corrected chi connectivity index (χ2v) is 7.52. The maximum Gasteiger partial charge on any atom is 0.326 e. The first kappa shape index (κ1) is 19.5. The number of aliphatic carboxylic acids is 1. The van der Waals surface area contributed by atoms with Gasteiger partial charge in [0.15, 0.2) is 9.84 Å². The number of carbonyl (C=O) groups excluding carboxylic acids is 1. The number of nitrogens with one attached hydrogen (secondary N) is 1. The van der Waals surface area contributed by atoms with Gasteiger partial charge in [0.05, 0.1) is 16.2 Å². The van der Waals surface area contributed by atoms with Crippen molar-refractivity contribution in [3.63, 3.8) is 0 Å². The van der Waals surface area contributed by atoms with Crippen LogP contribution in [-0.4, -0.2) is 37.2 Å². The zero-order chi connectivity index (χ0) is 19.3. The summed E-state index contributed by atoms with van der Waals surface area (Å²) in [6.07, 6.45) is -0.416. The van der Waals surface area contributed by atoms with Gasteiger partial charge in [0, 0.05) is 6.07 Å². The van der Waals surface area contributed by atoms with E-state index in [1.165, 1.54) is 24.3 Å². The summed E-state index contributed by atoms with van der Waals surface area (Å²) in [5, 5.41) is 11.2. The predicted octanol–water partition coefficient (Wildman–Crippen LogP) is 2.01. The molecule has 0 aliphatic heterocycles. The summed E-state index contributed by atoms with van der Waals surface area (Å²) >= 11 is 0. The van der Waals surface area contributed by atoms with Crippen LogP contribution in [0.4, 0.5) is 8.78 Å². The summed E-state index contributed by atoms with van der Waals surface area (Å²) in [5.74, 6) is -5.11. The molecule has 0 aliphatic rings. The zero-order valence-corrected chi connectivity index (χ0v) is 14.2. The first-order valence-electron chi connectivity index (χ1n) is 7.47. The third kappa shape index (κ3) is 4.85. The number of amides is 1. The molecule has 1 amide bonds. The molecule has 138 valence electrons. The van der Waals surface area contributed by atoms with Crippen LogP contribution in [-0.2, 0) is 14.6 Å². The number of carboxylic acids is 1. The van der Waals surface area contributed by atoms with Crippen molar-refractivity contribution < 1.29 is 31.9 Å². The van der Waals surface area contributed by atoms with E-state index >= 15 is 0 Å². The van der Waals surface area contributed by atoms with E-state index in [1.54, 1.807) is 6.07 Å². The van der Waals surface area contributed by atoms with Crippen molar-refractivity contribution in [3.8, 4) is 0 Å². The molecule has 0 fully saturated rings. The fraction of sp³-hybridized carbons (Fsp3) is 0.176. The van der Waals surface area contributed by atoms with Gasteiger partial charge in [0.25, 0.3) is 5.91 Å². The highest BCUT2D eigenvalue weighted by molar-refractivity contribution is 7.91. The van der Waals surface area contributed by atoms with Crippen LogP contribution in [0.2, 0.25) is 0 Å². The molecule has 0 unspecified atom stereocenters. The first-order chi connectivity index (χ1) is 12.2. The molecule has 9 heteroatoms. The molecule has 2 rings (SSSR count). The highest BCUT2D eigenvalue weighted by Gasteiger charge is 2.25. The first-order valence-corrected chi connectivity index (χ1v) is 9.12. The SMILES string of the molecule is O=C(N[C@@H](CCS(=O)(=O)c1ccccc1)C(=O)O)c1ccc(F)cc1F. The van der Waals surface area contributed by atoms with Gasteiger partial charge in [-0.1, -0.05) is 18.2 Å². The van der Waals surface area contributed by atoms with Crippen LogP contribution in [0.5, 0.6) is 0 Å². The number of benzene rings is 2. The lowest BCUT2D eigenvalue weighted by atomic mass is 10.1. The molecule has 2 N–H and O–H groups in total. The molecular formula is C17H15F2NO5S. The van der Waals surface area contributed by atoms with E-state index < -0.39 is 57.1 Å². The van der Waals surface area contributed by atoms with Crippen LogP contribution >= 0.6 is 0 Å². The zero-order valence-electron chi connectivity index (χ0n) is 13.4. The van der Waals surface area contributed by atoms with Crippen LogP contribution in [0.25, 0.3) is 0 Å². The van der Waals surface area contributed by atoms with E-state index in [1.807, 2.05) is 0 Å². The van der Waals surface area contributed by atoms with Gasteiger partial charge in [-0.25, -0.2) is 22.0 Å². The van der Waals surface area contributed by atoms with E-state index in [0.717, 1.165) is 12.1 Å². The Morgan fingerprint density at radius 3 is 2.31 bits per heavy atom. The molecule has 26 heavy (non-hydrogen) atoms. The number of hydrogen-bond acceptors (Lipinski definition) is 4. The molecule has 1 atom stereocenters. The molecule has 0 spiro atoms. The number of rotatable bonds is 7. The molecule has 0 aromatic heterocycles. The number of hydrogen-bond donors (Lipinski definition) is 2. The monoisotopic (exact) mass is 383 g/mol. The Bertz CT molecular complexity index is 916. The predicted molar refractivity (Wildman–Crippen MR) is 88.4 cm³/mol. The second-order valence-electron chi connectivity index (χ2n) is 5.41. The molecule has 0 heterocycles. The van der Waals surface area contributed by atoms with Crippen LogP contribution in [0.3, 0.4) is 0 Å². The molecule has 0 radical (unpaired) electrons. The van der Waals surface area contributed by atoms with Crippen molar-refractivity contribution in [1.82, 2.24) is 5.32 Å². The van der Waals surface area contributed by atoms with Gasteiger partial charge < -0.3 is 10.4 Å². The average molecular weight is 383 g/mol. The average Bonchev–Trinajstić information content (AvgIpc) is 2.59. The van der Waals surface area contributed by atoms with Crippen molar-refractivity contribution in [1.29, 1.82) is 0 Å². The Kier molecular flexibility index (Phi) is 6.04. The Hall–Kier alpha value is -2.81. The lowest BCUT2D eigenvalue weighted by Gasteiger charge is -2.15. The van der Waals surface area contributed by atoms with Gasteiger partial charge in [-0.2, -0.15) is 0 Å². The maximum absolute atomic E-state index is 13.6. The number of carbonyl (C=O) groups is 2. The minimum absolute atomic E-state index is 0.0278. The summed E-state index contributed by atoms with van der Waals surface area (Å²) in [5.41, 5.74) is -0.538. The molecule has 0 aliphatic carbocycles. The summed E-state index contributed by atoms with van der Waals surface area (Å²) in [7, 11) is -3.74. The largest absolute Gasteiger partial charge is 0.480 e. The van der Waals surface area contributed by atoms with E-state index in [4.69, 9.17) is 0 Å². The smallest absolute Gasteiger partial charge is 0.326 e. The highest BCUT2D eigenvalue weighted by atomic mass is 32.2. The quantitative estimate of drug-likeness (QED) is 0.762. The fourth-order valence-corrected chi connectivity index (χ4v) is 3.54. The van der Waals surface area contributed by atoms with Crippen molar-refractivity contribution in [2.45, 2.75) is 17.4 Å². The van der Waals surface area contributed by atoms with Crippen molar-refractivity contribution in [2.24, 2.45) is 0 Å². The summed E-state index contributed by atoms with van der Waals surface area (Å²) < 4.78 is 50.9. The van der Waals surface area contributed by atoms with E-state index in [9.17, 15) is 31.9 Å². The molecule has 6 nitrogen and oxygen atoms in total. The van der Waals surface area contributed by atoms with Gasteiger partial charge >= 0.3 is 5.97 Å². The van der Waals surface area contributed by atoms with Crippen molar-refractivity contribution in [3.05, 3.63) is 65.7 Å². The molecule has 2 aromatic rings. The van der Waals surface area contributed by atoms with Crippen LogP contribution in [0, 0.1) is 11.6 Å². The van der Waals surface area contributed by atoms with Crippen LogP contribution in [0.1, 0.15) is 16.8 Å². The second kappa shape index (κ2) is 8.05. The summed E-state index contributed by atoms with van der Waals surface area (Å²) in [6.45, 7) is 0. The van der Waals surface area contributed by atoms with Gasteiger partial charge in [0.1, 0.15) is 17.7 Å². The summed E-state index contributed by atoms with van der Waals surface area (Å²) in [4.78, 5) is 23.3. The van der Waals surface area contributed by atoms with Gasteiger partial charge in [-0.05, 0) is 30.7 Å². The summed E-state index contributed by atoms with van der Waals surface area (Å²) in [6, 6.07) is 8.11. The van der Waals surface area contributed by atoms with E-state index in [2.05, 4.69) is 5.32 Å². The van der Waals surface area contributed by atoms with Gasteiger partial charge in [0.2, 0.25) is 0 Å². The minimum atomic E-state index is -3.74.